The highest BCUT2D eigenvalue weighted by atomic mass is 14.9. The zero-order valence-corrected chi connectivity index (χ0v) is 11.8. The molecule has 1 atom stereocenters. The monoisotopic (exact) mass is 233 g/mol. The normalized spacial score (nSPS) is 13.6. The molecule has 1 rings (SSSR count). The Morgan fingerprint density at radius 3 is 2.29 bits per heavy atom. The summed E-state index contributed by atoms with van der Waals surface area (Å²) in [6.07, 6.45) is 3.76. The van der Waals surface area contributed by atoms with Crippen LogP contribution in [0.2, 0.25) is 0 Å². The van der Waals surface area contributed by atoms with Gasteiger partial charge in [0.05, 0.1) is 0 Å². The van der Waals surface area contributed by atoms with E-state index in [0.717, 1.165) is 6.54 Å². The van der Waals surface area contributed by atoms with Gasteiger partial charge >= 0.3 is 0 Å². The summed E-state index contributed by atoms with van der Waals surface area (Å²) in [7, 11) is 0. The molecule has 0 aromatic heterocycles. The summed E-state index contributed by atoms with van der Waals surface area (Å²) in [6.45, 7) is 10.2. The van der Waals surface area contributed by atoms with Crippen molar-refractivity contribution in [2.75, 3.05) is 6.54 Å². The summed E-state index contributed by atoms with van der Waals surface area (Å²) in [6, 6.07) is 11.5. The number of hydrogen-bond donors (Lipinski definition) is 1. The number of hydrogen-bond acceptors (Lipinski definition) is 1. The van der Waals surface area contributed by atoms with Crippen molar-refractivity contribution >= 4 is 0 Å². The number of benzene rings is 1. The van der Waals surface area contributed by atoms with E-state index < -0.39 is 0 Å². The zero-order chi connectivity index (χ0) is 12.7. The Morgan fingerprint density at radius 1 is 1.12 bits per heavy atom. The molecule has 96 valence electrons. The van der Waals surface area contributed by atoms with Gasteiger partial charge in [0.2, 0.25) is 0 Å². The van der Waals surface area contributed by atoms with Gasteiger partial charge in [-0.05, 0) is 18.4 Å². The van der Waals surface area contributed by atoms with Gasteiger partial charge in [-0.15, -0.1) is 0 Å². The summed E-state index contributed by atoms with van der Waals surface area (Å²) >= 11 is 0. The van der Waals surface area contributed by atoms with Crippen LogP contribution in [0.5, 0.6) is 0 Å². The first-order valence-corrected chi connectivity index (χ1v) is 6.89. The molecule has 0 bridgehead atoms. The number of nitrogens with one attached hydrogen (secondary N) is 1. The van der Waals surface area contributed by atoms with E-state index in [2.05, 4.69) is 63.3 Å². The highest BCUT2D eigenvalue weighted by Crippen LogP contribution is 2.22. The van der Waals surface area contributed by atoms with Crippen molar-refractivity contribution in [2.45, 2.75) is 58.4 Å². The Kier molecular flexibility index (Phi) is 5.70. The second kappa shape index (κ2) is 6.80. The van der Waals surface area contributed by atoms with E-state index >= 15 is 0 Å². The first-order chi connectivity index (χ1) is 8.10. The van der Waals surface area contributed by atoms with Gasteiger partial charge in [0, 0.05) is 18.0 Å². The molecule has 0 aliphatic carbocycles. The molecule has 0 saturated carbocycles. The maximum Gasteiger partial charge on any atom is 0.00646 e. The SMILES string of the molecule is CCCC(CC)NCC(C)(C)c1ccccc1. The third kappa shape index (κ3) is 4.51. The molecule has 0 saturated heterocycles. The van der Waals surface area contributed by atoms with E-state index in [0.29, 0.717) is 6.04 Å². The van der Waals surface area contributed by atoms with Crippen LogP contribution in [0.3, 0.4) is 0 Å². The van der Waals surface area contributed by atoms with E-state index in [9.17, 15) is 0 Å². The quantitative estimate of drug-likeness (QED) is 0.746. The van der Waals surface area contributed by atoms with Crippen LogP contribution < -0.4 is 5.32 Å². The first kappa shape index (κ1) is 14.2. The van der Waals surface area contributed by atoms with Gasteiger partial charge in [0.15, 0.2) is 0 Å². The van der Waals surface area contributed by atoms with Crippen LogP contribution in [-0.4, -0.2) is 12.6 Å². The fraction of sp³-hybridized carbons (Fsp3) is 0.625. The Bertz CT molecular complexity index is 303. The van der Waals surface area contributed by atoms with Gasteiger partial charge in [-0.3, -0.25) is 0 Å². The lowest BCUT2D eigenvalue weighted by molar-refractivity contribution is 0.393. The molecular formula is C16H27N. The molecule has 0 heterocycles. The van der Waals surface area contributed by atoms with Crippen molar-refractivity contribution in [1.82, 2.24) is 5.32 Å². The van der Waals surface area contributed by atoms with E-state index in [4.69, 9.17) is 0 Å². The fourth-order valence-corrected chi connectivity index (χ4v) is 2.19. The lowest BCUT2D eigenvalue weighted by atomic mass is 9.84. The maximum absolute atomic E-state index is 3.71. The predicted molar refractivity (Wildman–Crippen MR) is 76.5 cm³/mol. The first-order valence-electron chi connectivity index (χ1n) is 6.89. The highest BCUT2D eigenvalue weighted by Gasteiger charge is 2.20. The Labute approximate surface area is 107 Å². The van der Waals surface area contributed by atoms with E-state index in [1.54, 1.807) is 0 Å². The molecule has 1 nitrogen and oxygen atoms in total. The van der Waals surface area contributed by atoms with Crippen molar-refractivity contribution in [1.29, 1.82) is 0 Å². The average molecular weight is 233 g/mol. The fourth-order valence-electron chi connectivity index (χ4n) is 2.19. The summed E-state index contributed by atoms with van der Waals surface area (Å²) in [5.41, 5.74) is 1.63. The molecule has 1 heteroatoms. The average Bonchev–Trinajstić information content (AvgIpc) is 2.35. The van der Waals surface area contributed by atoms with Crippen LogP contribution >= 0.6 is 0 Å². The van der Waals surface area contributed by atoms with Crippen molar-refractivity contribution < 1.29 is 0 Å². The lowest BCUT2D eigenvalue weighted by Gasteiger charge is -2.28. The Morgan fingerprint density at radius 2 is 1.76 bits per heavy atom. The molecule has 0 aliphatic rings. The van der Waals surface area contributed by atoms with Crippen LogP contribution in [0.4, 0.5) is 0 Å². The molecule has 0 radical (unpaired) electrons. The van der Waals surface area contributed by atoms with Crippen molar-refractivity contribution in [3.8, 4) is 0 Å². The summed E-state index contributed by atoms with van der Waals surface area (Å²) < 4.78 is 0. The van der Waals surface area contributed by atoms with Crippen LogP contribution in [0.25, 0.3) is 0 Å². The molecule has 0 amide bonds. The third-order valence-corrected chi connectivity index (χ3v) is 3.52. The minimum Gasteiger partial charge on any atom is -0.313 e. The number of rotatable bonds is 7. The van der Waals surface area contributed by atoms with Gasteiger partial charge in [0.1, 0.15) is 0 Å². The molecule has 0 fully saturated rings. The van der Waals surface area contributed by atoms with Crippen molar-refractivity contribution in [3.05, 3.63) is 35.9 Å². The lowest BCUT2D eigenvalue weighted by Crippen LogP contribution is -2.38. The third-order valence-electron chi connectivity index (χ3n) is 3.52. The molecule has 0 aliphatic heterocycles. The molecule has 1 aromatic rings. The summed E-state index contributed by atoms with van der Waals surface area (Å²) in [5, 5.41) is 3.71. The van der Waals surface area contributed by atoms with Gasteiger partial charge in [-0.1, -0.05) is 64.4 Å². The van der Waals surface area contributed by atoms with Gasteiger partial charge in [-0.25, -0.2) is 0 Å². The maximum atomic E-state index is 3.71. The predicted octanol–water partition coefficient (Wildman–Crippen LogP) is 4.13. The van der Waals surface area contributed by atoms with Gasteiger partial charge in [-0.2, -0.15) is 0 Å². The Balaban J connectivity index is 2.55. The molecule has 17 heavy (non-hydrogen) atoms. The summed E-state index contributed by atoms with van der Waals surface area (Å²) in [4.78, 5) is 0. The summed E-state index contributed by atoms with van der Waals surface area (Å²) in [5.74, 6) is 0. The minimum absolute atomic E-state index is 0.211. The molecule has 0 spiro atoms. The second-order valence-electron chi connectivity index (χ2n) is 5.52. The van der Waals surface area contributed by atoms with Crippen LogP contribution in [0.1, 0.15) is 52.5 Å². The minimum atomic E-state index is 0.211. The van der Waals surface area contributed by atoms with Gasteiger partial charge < -0.3 is 5.32 Å². The second-order valence-corrected chi connectivity index (χ2v) is 5.52. The molecule has 1 unspecified atom stereocenters. The molecular weight excluding hydrogens is 206 g/mol. The standard InChI is InChI=1S/C16H27N/c1-5-10-15(6-2)17-13-16(3,4)14-11-8-7-9-12-14/h7-9,11-12,15,17H,5-6,10,13H2,1-4H3. The van der Waals surface area contributed by atoms with E-state index in [1.807, 2.05) is 0 Å². The van der Waals surface area contributed by atoms with Crippen LogP contribution in [0, 0.1) is 0 Å². The zero-order valence-electron chi connectivity index (χ0n) is 11.8. The van der Waals surface area contributed by atoms with Crippen molar-refractivity contribution in [2.24, 2.45) is 0 Å². The van der Waals surface area contributed by atoms with E-state index in [1.165, 1.54) is 24.8 Å². The van der Waals surface area contributed by atoms with Crippen LogP contribution in [0.15, 0.2) is 30.3 Å². The molecule has 1 N–H and O–H groups in total. The topological polar surface area (TPSA) is 12.0 Å². The van der Waals surface area contributed by atoms with Crippen molar-refractivity contribution in [3.63, 3.8) is 0 Å². The van der Waals surface area contributed by atoms with Crippen LogP contribution in [-0.2, 0) is 5.41 Å². The Hall–Kier alpha value is -0.820. The smallest absolute Gasteiger partial charge is 0.00646 e. The largest absolute Gasteiger partial charge is 0.313 e. The highest BCUT2D eigenvalue weighted by molar-refractivity contribution is 5.23. The van der Waals surface area contributed by atoms with E-state index in [-0.39, 0.29) is 5.41 Å². The molecule has 1 aromatic carbocycles. The van der Waals surface area contributed by atoms with Gasteiger partial charge in [0.25, 0.3) is 0 Å².